The third-order valence-corrected chi connectivity index (χ3v) is 3.12. The maximum Gasteiger partial charge on any atom is 0.134 e. The van der Waals surface area contributed by atoms with Crippen LogP contribution in [0, 0.1) is 0 Å². The van der Waals surface area contributed by atoms with E-state index in [2.05, 4.69) is 39.1 Å². The van der Waals surface area contributed by atoms with E-state index in [4.69, 9.17) is 4.42 Å². The standard InChI is InChI=1S/C14H10BrNO/c15-12-3-4-14-11(7-12)8-13(17-14)6-10-2-1-5-16-9-10/h1-5,7-9H,6H2. The van der Waals surface area contributed by atoms with E-state index < -0.39 is 0 Å². The van der Waals surface area contributed by atoms with Gasteiger partial charge in [-0.3, -0.25) is 4.98 Å². The van der Waals surface area contributed by atoms with Gasteiger partial charge in [-0.15, -0.1) is 0 Å². The molecule has 0 aliphatic rings. The van der Waals surface area contributed by atoms with Crippen LogP contribution in [0.5, 0.6) is 0 Å². The Balaban J connectivity index is 1.96. The Morgan fingerprint density at radius 2 is 2.12 bits per heavy atom. The first-order valence-electron chi connectivity index (χ1n) is 5.38. The van der Waals surface area contributed by atoms with Gasteiger partial charge < -0.3 is 4.42 Å². The maximum atomic E-state index is 5.78. The van der Waals surface area contributed by atoms with Crippen molar-refractivity contribution in [3.63, 3.8) is 0 Å². The third-order valence-electron chi connectivity index (χ3n) is 2.63. The van der Waals surface area contributed by atoms with Gasteiger partial charge in [0.05, 0.1) is 0 Å². The Hall–Kier alpha value is -1.61. The van der Waals surface area contributed by atoms with Crippen LogP contribution in [0.15, 0.2) is 57.7 Å². The van der Waals surface area contributed by atoms with Crippen molar-refractivity contribution in [2.45, 2.75) is 6.42 Å². The molecule has 2 aromatic heterocycles. The maximum absolute atomic E-state index is 5.78. The lowest BCUT2D eigenvalue weighted by atomic mass is 10.1. The summed E-state index contributed by atoms with van der Waals surface area (Å²) in [6.45, 7) is 0. The zero-order chi connectivity index (χ0) is 11.7. The summed E-state index contributed by atoms with van der Waals surface area (Å²) in [5.74, 6) is 0.964. The molecule has 0 aliphatic heterocycles. The van der Waals surface area contributed by atoms with E-state index >= 15 is 0 Å². The van der Waals surface area contributed by atoms with Crippen molar-refractivity contribution >= 4 is 26.9 Å². The van der Waals surface area contributed by atoms with Crippen molar-refractivity contribution in [2.24, 2.45) is 0 Å². The lowest BCUT2D eigenvalue weighted by Gasteiger charge is -1.95. The number of pyridine rings is 1. The molecule has 0 unspecified atom stereocenters. The summed E-state index contributed by atoms with van der Waals surface area (Å²) in [7, 11) is 0. The molecule has 0 spiro atoms. The smallest absolute Gasteiger partial charge is 0.134 e. The largest absolute Gasteiger partial charge is 0.461 e. The molecule has 0 amide bonds. The van der Waals surface area contributed by atoms with Crippen molar-refractivity contribution in [1.82, 2.24) is 4.98 Å². The molecule has 0 fully saturated rings. The van der Waals surface area contributed by atoms with Crippen molar-refractivity contribution in [3.8, 4) is 0 Å². The van der Waals surface area contributed by atoms with E-state index in [0.717, 1.165) is 33.2 Å². The van der Waals surface area contributed by atoms with E-state index in [0.29, 0.717) is 0 Å². The second-order valence-corrected chi connectivity index (χ2v) is 4.85. The molecule has 3 heteroatoms. The van der Waals surface area contributed by atoms with Gasteiger partial charge in [-0.2, -0.15) is 0 Å². The fourth-order valence-corrected chi connectivity index (χ4v) is 2.24. The quantitative estimate of drug-likeness (QED) is 0.707. The highest BCUT2D eigenvalue weighted by atomic mass is 79.9. The Morgan fingerprint density at radius 3 is 2.94 bits per heavy atom. The predicted molar refractivity (Wildman–Crippen MR) is 71.0 cm³/mol. The second kappa shape index (κ2) is 4.34. The van der Waals surface area contributed by atoms with Crippen LogP contribution in [0.2, 0.25) is 0 Å². The van der Waals surface area contributed by atoms with Crippen molar-refractivity contribution in [2.75, 3.05) is 0 Å². The zero-order valence-corrected chi connectivity index (χ0v) is 10.6. The van der Waals surface area contributed by atoms with E-state index in [9.17, 15) is 0 Å². The summed E-state index contributed by atoms with van der Waals surface area (Å²) >= 11 is 3.46. The fourth-order valence-electron chi connectivity index (χ4n) is 1.86. The summed E-state index contributed by atoms with van der Waals surface area (Å²) in [6, 6.07) is 12.1. The molecule has 0 N–H and O–H groups in total. The van der Waals surface area contributed by atoms with Crippen molar-refractivity contribution < 1.29 is 4.42 Å². The molecule has 84 valence electrons. The Labute approximate surface area is 107 Å². The van der Waals surface area contributed by atoms with Gasteiger partial charge in [0.25, 0.3) is 0 Å². The molecule has 3 aromatic rings. The predicted octanol–water partition coefficient (Wildman–Crippen LogP) is 4.18. The van der Waals surface area contributed by atoms with Crippen LogP contribution >= 0.6 is 15.9 Å². The summed E-state index contributed by atoms with van der Waals surface area (Å²) in [5.41, 5.74) is 2.08. The number of benzene rings is 1. The molecule has 0 radical (unpaired) electrons. The monoisotopic (exact) mass is 287 g/mol. The lowest BCUT2D eigenvalue weighted by molar-refractivity contribution is 0.562. The molecule has 17 heavy (non-hydrogen) atoms. The van der Waals surface area contributed by atoms with Gasteiger partial charge in [0.2, 0.25) is 0 Å². The topological polar surface area (TPSA) is 26.0 Å². The molecule has 0 saturated heterocycles. The van der Waals surface area contributed by atoms with Gasteiger partial charge in [0.15, 0.2) is 0 Å². The Bertz CT molecular complexity index is 646. The number of rotatable bonds is 2. The minimum Gasteiger partial charge on any atom is -0.461 e. The number of fused-ring (bicyclic) bond motifs is 1. The Kier molecular flexibility index (Phi) is 2.69. The number of nitrogens with zero attached hydrogens (tertiary/aromatic N) is 1. The SMILES string of the molecule is Brc1ccc2oc(Cc3cccnc3)cc2c1. The van der Waals surface area contributed by atoms with Gasteiger partial charge in [-0.25, -0.2) is 0 Å². The molecule has 0 atom stereocenters. The lowest BCUT2D eigenvalue weighted by Crippen LogP contribution is -1.85. The zero-order valence-electron chi connectivity index (χ0n) is 9.06. The second-order valence-electron chi connectivity index (χ2n) is 3.93. The Morgan fingerprint density at radius 1 is 1.18 bits per heavy atom. The first-order chi connectivity index (χ1) is 8.31. The first-order valence-corrected chi connectivity index (χ1v) is 6.17. The number of furan rings is 1. The van der Waals surface area contributed by atoms with Crippen LogP contribution in [0.3, 0.4) is 0 Å². The molecule has 3 rings (SSSR count). The van der Waals surface area contributed by atoms with Crippen LogP contribution in [0.25, 0.3) is 11.0 Å². The fraction of sp³-hybridized carbons (Fsp3) is 0.0714. The number of halogens is 1. The minimum absolute atomic E-state index is 0.778. The first kappa shape index (κ1) is 10.5. The molecule has 2 nitrogen and oxygen atoms in total. The third kappa shape index (κ3) is 2.24. The molecular weight excluding hydrogens is 278 g/mol. The summed E-state index contributed by atoms with van der Waals surface area (Å²) < 4.78 is 6.85. The van der Waals surface area contributed by atoms with E-state index in [1.165, 1.54) is 0 Å². The van der Waals surface area contributed by atoms with Gasteiger partial charge in [-0.05, 0) is 35.9 Å². The van der Waals surface area contributed by atoms with Crippen molar-refractivity contribution in [3.05, 3.63) is 64.6 Å². The molecule has 0 saturated carbocycles. The molecular formula is C14H10BrNO. The minimum atomic E-state index is 0.778. The summed E-state index contributed by atoms with van der Waals surface area (Å²) in [5, 5.41) is 1.12. The van der Waals surface area contributed by atoms with E-state index in [1.807, 2.05) is 24.4 Å². The number of hydrogen-bond acceptors (Lipinski definition) is 2. The highest BCUT2D eigenvalue weighted by Gasteiger charge is 2.05. The van der Waals surface area contributed by atoms with Gasteiger partial charge in [-0.1, -0.05) is 22.0 Å². The summed E-state index contributed by atoms with van der Waals surface area (Å²) in [4.78, 5) is 4.10. The van der Waals surface area contributed by atoms with Gasteiger partial charge in [0, 0.05) is 28.7 Å². The van der Waals surface area contributed by atoms with Crippen LogP contribution < -0.4 is 0 Å². The molecule has 1 aromatic carbocycles. The normalized spacial score (nSPS) is 10.9. The van der Waals surface area contributed by atoms with Crippen LogP contribution in [0.4, 0.5) is 0 Å². The highest BCUT2D eigenvalue weighted by Crippen LogP contribution is 2.24. The number of aromatic nitrogens is 1. The van der Waals surface area contributed by atoms with Crippen LogP contribution in [0.1, 0.15) is 11.3 Å². The van der Waals surface area contributed by atoms with E-state index in [1.54, 1.807) is 6.20 Å². The average Bonchev–Trinajstić information content (AvgIpc) is 2.71. The van der Waals surface area contributed by atoms with Gasteiger partial charge >= 0.3 is 0 Å². The number of hydrogen-bond donors (Lipinski definition) is 0. The van der Waals surface area contributed by atoms with Crippen LogP contribution in [-0.4, -0.2) is 4.98 Å². The molecule has 0 bridgehead atoms. The highest BCUT2D eigenvalue weighted by molar-refractivity contribution is 9.10. The van der Waals surface area contributed by atoms with Gasteiger partial charge in [0.1, 0.15) is 11.3 Å². The average molecular weight is 288 g/mol. The summed E-state index contributed by atoms with van der Waals surface area (Å²) in [6.07, 6.45) is 4.42. The molecule has 0 aliphatic carbocycles. The molecule has 2 heterocycles. The van der Waals surface area contributed by atoms with Crippen LogP contribution in [-0.2, 0) is 6.42 Å². The van der Waals surface area contributed by atoms with E-state index in [-0.39, 0.29) is 0 Å². The van der Waals surface area contributed by atoms with Crippen molar-refractivity contribution in [1.29, 1.82) is 0 Å².